The maximum absolute atomic E-state index is 12.9. The molecule has 0 fully saturated rings. The number of unbranched alkanes of at least 4 members (excludes halogenated alkanes) is 16. The van der Waals surface area contributed by atoms with Gasteiger partial charge in [-0.05, 0) is 109 Å². The van der Waals surface area contributed by atoms with E-state index in [1.165, 1.54) is 77.0 Å². The topological polar surface area (TPSA) is 72.7 Å². The minimum absolute atomic E-state index is 0.00382. The van der Waals surface area contributed by atoms with Crippen LogP contribution in [0.15, 0.2) is 34.6 Å². The van der Waals surface area contributed by atoms with Crippen LogP contribution < -0.4 is 0 Å². The van der Waals surface area contributed by atoms with Crippen LogP contribution in [0.25, 0.3) is 0 Å². The molecule has 50 heavy (non-hydrogen) atoms. The Hall–Kier alpha value is -2.15. The summed E-state index contributed by atoms with van der Waals surface area (Å²) in [6.07, 6.45) is 39.4. The summed E-state index contributed by atoms with van der Waals surface area (Å²) in [7, 11) is 4.23. The highest BCUT2D eigenvalue weighted by Crippen LogP contribution is 2.21. The van der Waals surface area contributed by atoms with E-state index in [0.29, 0.717) is 31.5 Å². The van der Waals surface area contributed by atoms with Crippen LogP contribution in [0.2, 0.25) is 0 Å². The van der Waals surface area contributed by atoms with Gasteiger partial charge in [-0.3, -0.25) is 4.79 Å². The lowest BCUT2D eigenvalue weighted by molar-refractivity contribution is -0.151. The summed E-state index contributed by atoms with van der Waals surface area (Å²) >= 11 is 0. The highest BCUT2D eigenvalue weighted by atomic mass is 16.6. The normalized spacial score (nSPS) is 13.5. The van der Waals surface area contributed by atoms with Gasteiger partial charge in [0.2, 0.25) is 0 Å². The van der Waals surface area contributed by atoms with Gasteiger partial charge in [0.15, 0.2) is 0 Å². The smallest absolute Gasteiger partial charge is 0.306 e. The molecule has 7 nitrogen and oxygen atoms in total. The number of hydrogen-bond acceptors (Lipinski definition) is 7. The van der Waals surface area contributed by atoms with Crippen molar-refractivity contribution in [1.29, 1.82) is 0 Å². The fourth-order valence-electron chi connectivity index (χ4n) is 6.28. The Morgan fingerprint density at radius 1 is 0.600 bits per heavy atom. The van der Waals surface area contributed by atoms with Gasteiger partial charge in [-0.25, -0.2) is 0 Å². The number of carbonyl (C=O) groups is 1. The van der Waals surface area contributed by atoms with Crippen molar-refractivity contribution in [3.8, 4) is 0 Å². The SMILES string of the molecule is CCCC/C=C\CO/N=C\CCCCCCCCC(CCCCCCCC/C=N\OC/C=C\CCCC)OC(=O)CC(C)CC(C)CN(C)C. The zero-order valence-electron chi connectivity index (χ0n) is 33.8. The van der Waals surface area contributed by atoms with E-state index in [2.05, 4.69) is 81.3 Å². The highest BCUT2D eigenvalue weighted by molar-refractivity contribution is 5.69. The van der Waals surface area contributed by atoms with Crippen molar-refractivity contribution in [3.63, 3.8) is 0 Å². The molecule has 0 N–H and O–H groups in total. The molecule has 0 radical (unpaired) electrons. The van der Waals surface area contributed by atoms with E-state index < -0.39 is 0 Å². The number of esters is 1. The van der Waals surface area contributed by atoms with Gasteiger partial charge < -0.3 is 19.3 Å². The van der Waals surface area contributed by atoms with Crippen LogP contribution in [0.5, 0.6) is 0 Å². The molecule has 0 aliphatic heterocycles. The van der Waals surface area contributed by atoms with Crippen LogP contribution >= 0.6 is 0 Å². The van der Waals surface area contributed by atoms with E-state index >= 15 is 0 Å². The molecule has 0 heterocycles. The van der Waals surface area contributed by atoms with E-state index in [1.807, 2.05) is 12.4 Å². The molecule has 0 saturated carbocycles. The first kappa shape index (κ1) is 47.8. The van der Waals surface area contributed by atoms with Crippen molar-refractivity contribution < 1.29 is 19.2 Å². The molecular formula is C43H81N3O4. The van der Waals surface area contributed by atoms with Crippen LogP contribution in [0.4, 0.5) is 0 Å². The lowest BCUT2D eigenvalue weighted by Crippen LogP contribution is -2.23. The zero-order chi connectivity index (χ0) is 36.8. The molecule has 0 aliphatic rings. The predicted octanol–water partition coefficient (Wildman–Crippen LogP) is 12.3. The zero-order valence-corrected chi connectivity index (χ0v) is 33.8. The third-order valence-corrected chi connectivity index (χ3v) is 8.94. The van der Waals surface area contributed by atoms with E-state index in [1.54, 1.807) is 0 Å². The van der Waals surface area contributed by atoms with Crippen LogP contribution in [-0.2, 0) is 19.2 Å². The second-order valence-corrected chi connectivity index (χ2v) is 14.8. The number of carbonyl (C=O) groups excluding carboxylic acids is 1. The molecule has 0 amide bonds. The molecule has 0 aliphatic carbocycles. The second kappa shape index (κ2) is 38.1. The van der Waals surface area contributed by atoms with Crippen LogP contribution in [0.3, 0.4) is 0 Å². The molecule has 0 aromatic carbocycles. The Bertz CT molecular complexity index is 794. The maximum atomic E-state index is 12.9. The van der Waals surface area contributed by atoms with Crippen molar-refractivity contribution in [3.05, 3.63) is 24.3 Å². The summed E-state index contributed by atoms with van der Waals surface area (Å²) in [5, 5.41) is 8.13. The van der Waals surface area contributed by atoms with Crippen molar-refractivity contribution in [2.24, 2.45) is 22.1 Å². The number of hydrogen-bond donors (Lipinski definition) is 0. The average Bonchev–Trinajstić information content (AvgIpc) is 3.07. The van der Waals surface area contributed by atoms with Crippen LogP contribution in [0, 0.1) is 11.8 Å². The minimum Gasteiger partial charge on any atom is -0.462 e. The second-order valence-electron chi connectivity index (χ2n) is 14.8. The Labute approximate surface area is 310 Å². The lowest BCUT2D eigenvalue weighted by Gasteiger charge is -2.22. The molecule has 0 aromatic heterocycles. The molecule has 0 saturated heterocycles. The fourth-order valence-corrected chi connectivity index (χ4v) is 6.28. The standard InChI is InChI=1S/C43H81N3O4/c1-7-9-11-23-29-35-48-44-33-27-21-17-13-15-19-25-31-42(50-43(47)38-40(3)37-41(4)39-46(5)6)32-26-20-16-14-18-22-28-34-45-49-36-30-24-12-10-8-2/h23-24,29-30,33-34,40-42H,7-22,25-28,31-32,35-39H2,1-6H3/b29-23-,30-24-,44-33-,45-34-. The summed E-state index contributed by atoms with van der Waals surface area (Å²) in [5.41, 5.74) is 0. The predicted molar refractivity (Wildman–Crippen MR) is 216 cm³/mol. The number of nitrogens with zero attached hydrogens (tertiary/aromatic N) is 3. The minimum atomic E-state index is -0.00382. The molecule has 2 unspecified atom stereocenters. The number of oxime groups is 2. The largest absolute Gasteiger partial charge is 0.462 e. The molecule has 0 spiro atoms. The summed E-state index contributed by atoms with van der Waals surface area (Å²) in [5.74, 6) is 0.928. The Morgan fingerprint density at radius 3 is 1.52 bits per heavy atom. The molecule has 0 rings (SSSR count). The van der Waals surface area contributed by atoms with Crippen molar-refractivity contribution in [2.45, 2.75) is 188 Å². The van der Waals surface area contributed by atoms with Gasteiger partial charge in [0.1, 0.15) is 19.3 Å². The van der Waals surface area contributed by atoms with Crippen molar-refractivity contribution >= 4 is 18.4 Å². The van der Waals surface area contributed by atoms with Gasteiger partial charge in [0.05, 0.1) is 0 Å². The Kier molecular flexibility index (Phi) is 36.5. The third-order valence-electron chi connectivity index (χ3n) is 8.94. The molecule has 0 aromatic rings. The Balaban J connectivity index is 4.27. The lowest BCUT2D eigenvalue weighted by atomic mass is 9.94. The van der Waals surface area contributed by atoms with E-state index in [4.69, 9.17) is 14.4 Å². The molecule has 0 bridgehead atoms. The third kappa shape index (κ3) is 37.1. The van der Waals surface area contributed by atoms with Crippen molar-refractivity contribution in [1.82, 2.24) is 4.90 Å². The number of ether oxygens (including phenoxy) is 1. The van der Waals surface area contributed by atoms with E-state index in [-0.39, 0.29) is 12.1 Å². The van der Waals surface area contributed by atoms with E-state index in [9.17, 15) is 4.79 Å². The first-order valence-electron chi connectivity index (χ1n) is 20.8. The number of rotatable bonds is 37. The van der Waals surface area contributed by atoms with Gasteiger partial charge in [0.25, 0.3) is 0 Å². The van der Waals surface area contributed by atoms with Crippen molar-refractivity contribution in [2.75, 3.05) is 33.9 Å². The molecule has 7 heteroatoms. The van der Waals surface area contributed by atoms with Crippen LogP contribution in [0.1, 0.15) is 182 Å². The first-order valence-corrected chi connectivity index (χ1v) is 20.8. The molecule has 2 atom stereocenters. The fraction of sp³-hybridized carbons (Fsp3) is 0.837. The van der Waals surface area contributed by atoms with E-state index in [0.717, 1.165) is 77.2 Å². The molecule has 292 valence electrons. The summed E-state index contributed by atoms with van der Waals surface area (Å²) in [6, 6.07) is 0. The quantitative estimate of drug-likeness (QED) is 0.0212. The van der Waals surface area contributed by atoms with Gasteiger partial charge in [-0.15, -0.1) is 0 Å². The monoisotopic (exact) mass is 704 g/mol. The Morgan fingerprint density at radius 2 is 1.06 bits per heavy atom. The van der Waals surface area contributed by atoms with Gasteiger partial charge in [-0.2, -0.15) is 0 Å². The average molecular weight is 704 g/mol. The highest BCUT2D eigenvalue weighted by Gasteiger charge is 2.18. The molecular weight excluding hydrogens is 622 g/mol. The van der Waals surface area contributed by atoms with Crippen LogP contribution in [-0.4, -0.2) is 63.3 Å². The van der Waals surface area contributed by atoms with Gasteiger partial charge in [0, 0.05) is 25.4 Å². The first-order chi connectivity index (χ1) is 24.4. The van der Waals surface area contributed by atoms with Gasteiger partial charge in [-0.1, -0.05) is 127 Å². The van der Waals surface area contributed by atoms with Gasteiger partial charge >= 0.3 is 5.97 Å². The summed E-state index contributed by atoms with van der Waals surface area (Å²) < 4.78 is 6.12. The maximum Gasteiger partial charge on any atom is 0.306 e. The number of allylic oxidation sites excluding steroid dienone is 2. The summed E-state index contributed by atoms with van der Waals surface area (Å²) in [4.78, 5) is 25.7. The summed E-state index contributed by atoms with van der Waals surface area (Å²) in [6.45, 7) is 11.1.